The van der Waals surface area contributed by atoms with Crippen LogP contribution < -0.4 is 0 Å². The monoisotopic (exact) mass is 387 g/mol. The largest absolute Gasteiger partial charge is 0.475 e. The van der Waals surface area contributed by atoms with Crippen LogP contribution in [0.4, 0.5) is 4.39 Å². The lowest BCUT2D eigenvalue weighted by Crippen LogP contribution is -2.04. The Labute approximate surface area is 171 Å². The predicted molar refractivity (Wildman–Crippen MR) is 118 cm³/mol. The van der Waals surface area contributed by atoms with Crippen LogP contribution in [-0.2, 0) is 4.74 Å². The van der Waals surface area contributed by atoms with Gasteiger partial charge in [-0.25, -0.2) is 9.38 Å². The van der Waals surface area contributed by atoms with E-state index in [4.69, 9.17) is 4.74 Å². The maximum Gasteiger partial charge on any atom is 0.216 e. The fraction of sp³-hybridized carbons (Fsp3) is 0.640. The van der Waals surface area contributed by atoms with Gasteiger partial charge in [0.05, 0.1) is 0 Å². The van der Waals surface area contributed by atoms with Crippen LogP contribution in [0.3, 0.4) is 0 Å². The molecule has 1 aliphatic rings. The highest BCUT2D eigenvalue weighted by molar-refractivity contribution is 5.95. The molecule has 0 saturated heterocycles. The molecular formula is C25H38FNO. The summed E-state index contributed by atoms with van der Waals surface area (Å²) in [6.07, 6.45) is 17.5. The van der Waals surface area contributed by atoms with Crippen molar-refractivity contribution in [3.63, 3.8) is 0 Å². The smallest absolute Gasteiger partial charge is 0.216 e. The summed E-state index contributed by atoms with van der Waals surface area (Å²) in [5.41, 5.74) is 0.983. The maximum absolute atomic E-state index is 14.1. The van der Waals surface area contributed by atoms with Crippen LogP contribution in [0.5, 0.6) is 0 Å². The molecule has 0 fully saturated rings. The van der Waals surface area contributed by atoms with Gasteiger partial charge in [0.1, 0.15) is 18.8 Å². The minimum Gasteiger partial charge on any atom is -0.475 e. The third-order valence-corrected chi connectivity index (χ3v) is 5.32. The summed E-state index contributed by atoms with van der Waals surface area (Å²) in [6.45, 7) is 2.77. The van der Waals surface area contributed by atoms with Crippen molar-refractivity contribution in [3.8, 4) is 0 Å². The van der Waals surface area contributed by atoms with Gasteiger partial charge in [-0.05, 0) is 18.6 Å². The number of alkyl halides is 1. The molecule has 0 N–H and O–H groups in total. The molecule has 156 valence electrons. The Bertz CT molecular complexity index is 569. The predicted octanol–water partition coefficient (Wildman–Crippen LogP) is 7.43. The summed E-state index contributed by atoms with van der Waals surface area (Å²) in [6, 6.07) is 9.81. The van der Waals surface area contributed by atoms with Crippen LogP contribution in [-0.4, -0.2) is 24.7 Å². The standard InChI is InChI=1S/C25H38FNO/c1-2-3-4-5-6-7-8-9-10-11-15-18-23(26)19-20-24-21-28-25(27-24)22-16-13-12-14-17-22/h12-14,16-17,19-20,23-24H,2-11,15,18,21H2,1H3/b20-19+. The summed E-state index contributed by atoms with van der Waals surface area (Å²) in [7, 11) is 0. The molecule has 2 nitrogen and oxygen atoms in total. The minimum atomic E-state index is -0.866. The molecular weight excluding hydrogens is 349 g/mol. The summed E-state index contributed by atoms with van der Waals surface area (Å²) in [4.78, 5) is 4.53. The molecule has 28 heavy (non-hydrogen) atoms. The summed E-state index contributed by atoms with van der Waals surface area (Å²) in [5.74, 6) is 0.663. The van der Waals surface area contributed by atoms with E-state index in [1.807, 2.05) is 36.4 Å². The molecule has 2 unspecified atom stereocenters. The molecule has 3 heteroatoms. The molecule has 0 radical (unpaired) electrons. The zero-order valence-electron chi connectivity index (χ0n) is 17.6. The van der Waals surface area contributed by atoms with Crippen molar-refractivity contribution in [2.75, 3.05) is 6.61 Å². The number of allylic oxidation sites excluding steroid dienone is 1. The zero-order valence-corrected chi connectivity index (χ0v) is 17.6. The van der Waals surface area contributed by atoms with Gasteiger partial charge < -0.3 is 4.74 Å². The van der Waals surface area contributed by atoms with Crippen molar-refractivity contribution in [2.24, 2.45) is 4.99 Å². The molecule has 2 rings (SSSR count). The first-order valence-corrected chi connectivity index (χ1v) is 11.4. The van der Waals surface area contributed by atoms with Crippen molar-refractivity contribution < 1.29 is 9.13 Å². The van der Waals surface area contributed by atoms with Crippen LogP contribution in [0.2, 0.25) is 0 Å². The number of ether oxygens (including phenoxy) is 1. The summed E-state index contributed by atoms with van der Waals surface area (Å²) >= 11 is 0. The lowest BCUT2D eigenvalue weighted by molar-refractivity contribution is 0.330. The summed E-state index contributed by atoms with van der Waals surface area (Å²) < 4.78 is 19.7. The van der Waals surface area contributed by atoms with Crippen molar-refractivity contribution >= 4 is 5.90 Å². The van der Waals surface area contributed by atoms with Gasteiger partial charge >= 0.3 is 0 Å². The van der Waals surface area contributed by atoms with E-state index >= 15 is 0 Å². The Kier molecular flexibility index (Phi) is 11.6. The maximum atomic E-state index is 14.1. The van der Waals surface area contributed by atoms with Crippen molar-refractivity contribution in [3.05, 3.63) is 48.0 Å². The van der Waals surface area contributed by atoms with Crippen molar-refractivity contribution in [1.29, 1.82) is 0 Å². The second-order valence-electron chi connectivity index (χ2n) is 7.90. The van der Waals surface area contributed by atoms with Crippen LogP contribution in [0.15, 0.2) is 47.5 Å². The first-order chi connectivity index (χ1) is 13.8. The number of hydrogen-bond donors (Lipinski definition) is 0. The van der Waals surface area contributed by atoms with E-state index in [0.717, 1.165) is 18.4 Å². The van der Waals surface area contributed by atoms with Crippen molar-refractivity contribution in [1.82, 2.24) is 0 Å². The highest BCUT2D eigenvalue weighted by Gasteiger charge is 2.17. The number of halogens is 1. The third kappa shape index (κ3) is 9.52. The van der Waals surface area contributed by atoms with E-state index in [-0.39, 0.29) is 6.04 Å². The number of rotatable bonds is 15. The Morgan fingerprint density at radius 3 is 2.21 bits per heavy atom. The lowest BCUT2D eigenvalue weighted by atomic mass is 10.0. The average molecular weight is 388 g/mol. The first-order valence-electron chi connectivity index (χ1n) is 11.4. The highest BCUT2D eigenvalue weighted by Crippen LogP contribution is 2.16. The highest BCUT2D eigenvalue weighted by atomic mass is 19.1. The Hall–Kier alpha value is -1.64. The number of benzene rings is 1. The third-order valence-electron chi connectivity index (χ3n) is 5.32. The second kappa shape index (κ2) is 14.4. The van der Waals surface area contributed by atoms with E-state index in [9.17, 15) is 4.39 Å². The number of aliphatic imine (C=N–C) groups is 1. The Morgan fingerprint density at radius 1 is 0.964 bits per heavy atom. The lowest BCUT2D eigenvalue weighted by Gasteiger charge is -2.05. The Morgan fingerprint density at radius 2 is 1.57 bits per heavy atom. The molecule has 1 aliphatic heterocycles. The van der Waals surface area contributed by atoms with Crippen LogP contribution >= 0.6 is 0 Å². The van der Waals surface area contributed by atoms with E-state index in [2.05, 4.69) is 11.9 Å². The minimum absolute atomic E-state index is 0.0641. The second-order valence-corrected chi connectivity index (χ2v) is 7.90. The number of unbranched alkanes of at least 4 members (excludes halogenated alkanes) is 10. The first kappa shape index (κ1) is 22.6. The van der Waals surface area contributed by atoms with Crippen LogP contribution in [0, 0.1) is 0 Å². The molecule has 1 aromatic rings. The van der Waals surface area contributed by atoms with E-state index < -0.39 is 6.17 Å². The SMILES string of the molecule is CCCCCCCCCCCCCC(F)/C=C/C1COC(c2ccccc2)=N1. The van der Waals surface area contributed by atoms with Gasteiger partial charge in [-0.2, -0.15) is 0 Å². The molecule has 1 aromatic carbocycles. The quantitative estimate of drug-likeness (QED) is 0.226. The average Bonchev–Trinajstić information content (AvgIpc) is 3.20. The normalized spacial score (nSPS) is 17.6. The molecule has 0 bridgehead atoms. The molecule has 0 spiro atoms. The van der Waals surface area contributed by atoms with Gasteiger partial charge in [0.25, 0.3) is 0 Å². The molecule has 0 aromatic heterocycles. The molecule has 0 saturated carbocycles. The topological polar surface area (TPSA) is 21.6 Å². The molecule has 0 amide bonds. The zero-order chi connectivity index (χ0) is 19.9. The van der Waals surface area contributed by atoms with Gasteiger partial charge in [-0.1, -0.05) is 108 Å². The fourth-order valence-electron chi connectivity index (χ4n) is 3.58. The van der Waals surface area contributed by atoms with E-state index in [0.29, 0.717) is 18.9 Å². The van der Waals surface area contributed by atoms with Gasteiger partial charge in [0.2, 0.25) is 5.90 Å². The number of nitrogens with zero attached hydrogens (tertiary/aromatic N) is 1. The van der Waals surface area contributed by atoms with E-state index in [1.165, 1.54) is 57.8 Å². The number of hydrogen-bond acceptors (Lipinski definition) is 2. The summed E-state index contributed by atoms with van der Waals surface area (Å²) in [5, 5.41) is 0. The molecule has 1 heterocycles. The fourth-order valence-corrected chi connectivity index (χ4v) is 3.58. The van der Waals surface area contributed by atoms with Crippen LogP contribution in [0.1, 0.15) is 89.5 Å². The van der Waals surface area contributed by atoms with Crippen molar-refractivity contribution in [2.45, 2.75) is 96.2 Å². The Balaban J connectivity index is 1.49. The van der Waals surface area contributed by atoms with Gasteiger partial charge in [-0.3, -0.25) is 0 Å². The van der Waals surface area contributed by atoms with Gasteiger partial charge in [0, 0.05) is 5.56 Å². The van der Waals surface area contributed by atoms with Gasteiger partial charge in [0.15, 0.2) is 0 Å². The van der Waals surface area contributed by atoms with E-state index in [1.54, 1.807) is 6.08 Å². The molecule has 2 atom stereocenters. The van der Waals surface area contributed by atoms with Crippen LogP contribution in [0.25, 0.3) is 0 Å². The molecule has 0 aliphatic carbocycles. The van der Waals surface area contributed by atoms with Gasteiger partial charge in [-0.15, -0.1) is 0 Å².